The molecule has 2 aromatic carbocycles. The largest absolute Gasteiger partial charge is 0.353 e. The lowest BCUT2D eigenvalue weighted by atomic mass is 9.94. The predicted molar refractivity (Wildman–Crippen MR) is 120 cm³/mol. The summed E-state index contributed by atoms with van der Waals surface area (Å²) in [6.45, 7) is 1.85. The number of halogens is 1. The Bertz CT molecular complexity index is 989. The van der Waals surface area contributed by atoms with E-state index in [0.717, 1.165) is 28.6 Å². The van der Waals surface area contributed by atoms with Gasteiger partial charge in [0.05, 0.1) is 0 Å². The van der Waals surface area contributed by atoms with Crippen LogP contribution in [0.1, 0.15) is 32.1 Å². The van der Waals surface area contributed by atoms with Crippen molar-refractivity contribution in [1.29, 1.82) is 0 Å². The van der Waals surface area contributed by atoms with Crippen molar-refractivity contribution < 1.29 is 9.18 Å². The third kappa shape index (κ3) is 4.73. The third-order valence-corrected chi connectivity index (χ3v) is 6.27. The number of nitrogens with zero attached hydrogens (tertiary/aromatic N) is 2. The molecule has 0 unspecified atom stereocenters. The highest BCUT2D eigenvalue weighted by Crippen LogP contribution is 2.29. The molecular formula is C25H30FN3O. The van der Waals surface area contributed by atoms with Crippen LogP contribution in [0.2, 0.25) is 0 Å². The van der Waals surface area contributed by atoms with E-state index in [0.29, 0.717) is 19.1 Å². The molecule has 1 saturated carbocycles. The van der Waals surface area contributed by atoms with E-state index in [1.165, 1.54) is 44.2 Å². The molecule has 158 valence electrons. The van der Waals surface area contributed by atoms with E-state index >= 15 is 0 Å². The molecule has 30 heavy (non-hydrogen) atoms. The highest BCUT2D eigenvalue weighted by molar-refractivity contribution is 5.96. The maximum atomic E-state index is 13.3. The van der Waals surface area contributed by atoms with Gasteiger partial charge in [0, 0.05) is 36.2 Å². The fourth-order valence-electron chi connectivity index (χ4n) is 4.53. The summed E-state index contributed by atoms with van der Waals surface area (Å²) in [5, 5.41) is 4.13. The van der Waals surface area contributed by atoms with Gasteiger partial charge in [-0.2, -0.15) is 0 Å². The second kappa shape index (κ2) is 9.43. The second-order valence-electron chi connectivity index (χ2n) is 8.31. The maximum absolute atomic E-state index is 13.3. The molecule has 3 aromatic rings. The number of carbonyl (C=O) groups excluding carboxylic acids is 1. The second-order valence-corrected chi connectivity index (χ2v) is 8.31. The highest BCUT2D eigenvalue weighted by Gasteiger charge is 2.17. The number of nitrogens with one attached hydrogen (secondary N) is 1. The summed E-state index contributed by atoms with van der Waals surface area (Å²) in [4.78, 5) is 14.9. The summed E-state index contributed by atoms with van der Waals surface area (Å²) in [6, 6.07) is 15.2. The number of likely N-dealkylation sites (N-methyl/N-ethyl adjacent to an activating group) is 1. The van der Waals surface area contributed by atoms with Crippen LogP contribution in [0.25, 0.3) is 22.0 Å². The Kier molecular flexibility index (Phi) is 6.48. The van der Waals surface area contributed by atoms with Gasteiger partial charge in [-0.1, -0.05) is 43.5 Å². The van der Waals surface area contributed by atoms with Crippen LogP contribution in [-0.4, -0.2) is 41.6 Å². The summed E-state index contributed by atoms with van der Waals surface area (Å²) in [5.74, 6) is -0.217. The maximum Gasteiger partial charge on any atom is 0.239 e. The van der Waals surface area contributed by atoms with Crippen molar-refractivity contribution >= 4 is 16.8 Å². The summed E-state index contributed by atoms with van der Waals surface area (Å²) >= 11 is 0. The van der Waals surface area contributed by atoms with E-state index in [1.54, 1.807) is 12.1 Å². The van der Waals surface area contributed by atoms with Crippen molar-refractivity contribution in [2.24, 2.45) is 0 Å². The monoisotopic (exact) mass is 407 g/mol. The van der Waals surface area contributed by atoms with Gasteiger partial charge in [0.15, 0.2) is 0 Å². The highest BCUT2D eigenvalue weighted by atomic mass is 19.1. The van der Waals surface area contributed by atoms with Crippen LogP contribution in [0.5, 0.6) is 0 Å². The number of hydrogen-bond donors (Lipinski definition) is 1. The van der Waals surface area contributed by atoms with Gasteiger partial charge >= 0.3 is 0 Å². The molecule has 1 N–H and O–H groups in total. The Morgan fingerprint density at radius 2 is 1.87 bits per heavy atom. The summed E-state index contributed by atoms with van der Waals surface area (Å²) < 4.78 is 15.2. The lowest BCUT2D eigenvalue weighted by Crippen LogP contribution is -2.40. The van der Waals surface area contributed by atoms with E-state index in [-0.39, 0.29) is 11.7 Å². The number of rotatable bonds is 7. The van der Waals surface area contributed by atoms with Crippen LogP contribution in [-0.2, 0) is 11.3 Å². The van der Waals surface area contributed by atoms with E-state index in [9.17, 15) is 9.18 Å². The van der Waals surface area contributed by atoms with Crippen molar-refractivity contribution in [1.82, 2.24) is 14.8 Å². The molecule has 1 aromatic heterocycles. The number of hydrogen-bond acceptors (Lipinski definition) is 2. The van der Waals surface area contributed by atoms with E-state index < -0.39 is 0 Å². The van der Waals surface area contributed by atoms with Crippen LogP contribution >= 0.6 is 0 Å². The van der Waals surface area contributed by atoms with Crippen LogP contribution < -0.4 is 5.32 Å². The summed E-state index contributed by atoms with van der Waals surface area (Å²) in [6.07, 6.45) is 8.50. The molecule has 0 saturated heterocycles. The Hall–Kier alpha value is -2.66. The quantitative estimate of drug-likeness (QED) is 0.609. The van der Waals surface area contributed by atoms with Crippen molar-refractivity contribution in [2.75, 3.05) is 20.1 Å². The van der Waals surface area contributed by atoms with E-state index in [1.807, 2.05) is 35.0 Å². The van der Waals surface area contributed by atoms with Crippen molar-refractivity contribution in [3.8, 4) is 11.1 Å². The molecule has 5 heteroatoms. The zero-order valence-corrected chi connectivity index (χ0v) is 17.6. The Balaban J connectivity index is 1.37. The van der Waals surface area contributed by atoms with Crippen LogP contribution in [0, 0.1) is 5.82 Å². The lowest BCUT2D eigenvalue weighted by Gasteiger charge is -2.31. The van der Waals surface area contributed by atoms with Crippen LogP contribution in [0.3, 0.4) is 0 Å². The average Bonchev–Trinajstić information content (AvgIpc) is 3.18. The van der Waals surface area contributed by atoms with Crippen molar-refractivity contribution in [3.63, 3.8) is 0 Å². The first kappa shape index (κ1) is 20.6. The molecule has 0 bridgehead atoms. The minimum absolute atomic E-state index is 0.0247. The topological polar surface area (TPSA) is 37.3 Å². The third-order valence-electron chi connectivity index (χ3n) is 6.27. The fourth-order valence-corrected chi connectivity index (χ4v) is 4.53. The molecule has 1 aliphatic carbocycles. The van der Waals surface area contributed by atoms with Crippen molar-refractivity contribution in [2.45, 2.75) is 44.7 Å². The van der Waals surface area contributed by atoms with E-state index in [2.05, 4.69) is 17.3 Å². The molecule has 0 spiro atoms. The molecule has 1 aliphatic rings. The number of aromatic nitrogens is 1. The summed E-state index contributed by atoms with van der Waals surface area (Å²) in [5.41, 5.74) is 3.02. The lowest BCUT2D eigenvalue weighted by molar-refractivity contribution is -0.121. The molecule has 1 fully saturated rings. The van der Waals surface area contributed by atoms with Crippen LogP contribution in [0.4, 0.5) is 4.39 Å². The molecule has 0 radical (unpaired) electrons. The van der Waals surface area contributed by atoms with Crippen LogP contribution in [0.15, 0.2) is 54.7 Å². The predicted octanol–water partition coefficient (Wildman–Crippen LogP) is 4.83. The Morgan fingerprint density at radius 1 is 1.10 bits per heavy atom. The first-order chi connectivity index (χ1) is 14.6. The van der Waals surface area contributed by atoms with Gasteiger partial charge in [-0.15, -0.1) is 0 Å². The van der Waals surface area contributed by atoms with Gasteiger partial charge < -0.3 is 14.8 Å². The van der Waals surface area contributed by atoms with Gasteiger partial charge in [0.25, 0.3) is 0 Å². The van der Waals surface area contributed by atoms with Gasteiger partial charge in [-0.05, 0) is 55.3 Å². The minimum atomic E-state index is -0.241. The zero-order chi connectivity index (χ0) is 20.9. The van der Waals surface area contributed by atoms with Gasteiger partial charge in [-0.25, -0.2) is 4.39 Å². The standard InChI is InChI=1S/C25H30FN3O/c1-28(21-6-3-2-4-7-21)17-15-27-25(30)18-29-16-14-23-22(8-5-9-24(23)29)19-10-12-20(26)13-11-19/h5,8-14,16,21H,2-4,6-7,15,17-18H2,1H3,(H,27,30). The number of amides is 1. The SMILES string of the molecule is CN(CCNC(=O)Cn1ccc2c(-c3ccc(F)cc3)cccc21)C1CCCCC1. The van der Waals surface area contributed by atoms with Gasteiger partial charge in [0.1, 0.15) is 12.4 Å². The molecule has 0 aliphatic heterocycles. The fraction of sp³-hybridized carbons (Fsp3) is 0.400. The normalized spacial score (nSPS) is 15.0. The van der Waals surface area contributed by atoms with Gasteiger partial charge in [0.2, 0.25) is 5.91 Å². The van der Waals surface area contributed by atoms with Gasteiger partial charge in [-0.3, -0.25) is 4.79 Å². The Morgan fingerprint density at radius 3 is 2.63 bits per heavy atom. The molecule has 1 amide bonds. The van der Waals surface area contributed by atoms with E-state index in [4.69, 9.17) is 0 Å². The number of benzene rings is 2. The molecule has 0 atom stereocenters. The summed E-state index contributed by atoms with van der Waals surface area (Å²) in [7, 11) is 2.17. The molecular weight excluding hydrogens is 377 g/mol. The zero-order valence-electron chi connectivity index (χ0n) is 17.6. The minimum Gasteiger partial charge on any atom is -0.353 e. The molecule has 1 heterocycles. The molecule has 4 nitrogen and oxygen atoms in total. The Labute approximate surface area is 177 Å². The average molecular weight is 408 g/mol. The first-order valence-electron chi connectivity index (χ1n) is 10.9. The molecule has 4 rings (SSSR count). The smallest absolute Gasteiger partial charge is 0.239 e. The first-order valence-corrected chi connectivity index (χ1v) is 10.9. The van der Waals surface area contributed by atoms with Crippen molar-refractivity contribution in [3.05, 3.63) is 60.5 Å². The number of fused-ring (bicyclic) bond motifs is 1. The number of carbonyl (C=O) groups is 1.